The minimum Gasteiger partial charge on any atom is -0.497 e. The van der Waals surface area contributed by atoms with Crippen LogP contribution in [-0.2, 0) is 4.79 Å². The van der Waals surface area contributed by atoms with Crippen LogP contribution in [0.4, 0.5) is 0 Å². The Labute approximate surface area is 124 Å². The van der Waals surface area contributed by atoms with Crippen molar-refractivity contribution in [2.45, 2.75) is 44.4 Å². The Morgan fingerprint density at radius 3 is 2.43 bits per heavy atom. The molecule has 0 radical (unpaired) electrons. The summed E-state index contributed by atoms with van der Waals surface area (Å²) >= 11 is 0. The molecule has 4 atom stereocenters. The quantitative estimate of drug-likeness (QED) is 0.775. The van der Waals surface area contributed by atoms with Crippen LogP contribution >= 0.6 is 0 Å². The van der Waals surface area contributed by atoms with Crippen molar-refractivity contribution in [3.63, 3.8) is 0 Å². The van der Waals surface area contributed by atoms with Crippen molar-refractivity contribution >= 4 is 5.91 Å². The first-order valence-corrected chi connectivity index (χ1v) is 7.24. The number of hydrogen-bond donors (Lipinski definition) is 3. The van der Waals surface area contributed by atoms with Crippen molar-refractivity contribution in [2.75, 3.05) is 7.11 Å². The maximum Gasteiger partial charge on any atom is 0.222 e. The monoisotopic (exact) mass is 293 g/mol. The molecule has 0 aliphatic heterocycles. The van der Waals surface area contributed by atoms with Gasteiger partial charge in [0.2, 0.25) is 5.91 Å². The van der Waals surface area contributed by atoms with Crippen LogP contribution in [0.3, 0.4) is 0 Å². The van der Waals surface area contributed by atoms with E-state index in [2.05, 4.69) is 5.32 Å². The zero-order valence-electron chi connectivity index (χ0n) is 12.6. The predicted octanol–water partition coefficient (Wildman–Crippen LogP) is 1.05. The lowest BCUT2D eigenvalue weighted by Crippen LogP contribution is -2.46. The summed E-state index contributed by atoms with van der Waals surface area (Å²) in [5.74, 6) is 0.363. The largest absolute Gasteiger partial charge is 0.497 e. The fourth-order valence-corrected chi connectivity index (χ4v) is 2.73. The Morgan fingerprint density at radius 1 is 1.29 bits per heavy atom. The molecule has 0 spiro atoms. The van der Waals surface area contributed by atoms with Gasteiger partial charge in [0.1, 0.15) is 11.9 Å². The molecular weight excluding hydrogens is 270 g/mol. The summed E-state index contributed by atoms with van der Waals surface area (Å²) in [6.45, 7) is 3.60. The lowest BCUT2D eigenvalue weighted by atomic mass is 9.93. The van der Waals surface area contributed by atoms with E-state index >= 15 is 0 Å². The second kappa shape index (κ2) is 6.45. The van der Waals surface area contributed by atoms with Crippen LogP contribution in [0.1, 0.15) is 31.7 Å². The fourth-order valence-electron chi connectivity index (χ4n) is 2.73. The van der Waals surface area contributed by atoms with Gasteiger partial charge in [0, 0.05) is 11.8 Å². The van der Waals surface area contributed by atoms with Gasteiger partial charge in [-0.3, -0.25) is 4.79 Å². The number of rotatable bonds is 4. The van der Waals surface area contributed by atoms with E-state index in [-0.39, 0.29) is 17.7 Å². The Morgan fingerprint density at radius 2 is 1.90 bits per heavy atom. The van der Waals surface area contributed by atoms with Crippen molar-refractivity contribution in [3.8, 4) is 5.75 Å². The third-order valence-electron chi connectivity index (χ3n) is 4.07. The number of ether oxygens (including phenoxy) is 1. The van der Waals surface area contributed by atoms with Gasteiger partial charge in [0.25, 0.3) is 0 Å². The molecule has 1 amide bonds. The molecule has 0 saturated heterocycles. The van der Waals surface area contributed by atoms with Crippen LogP contribution in [0, 0.1) is 5.92 Å². The fraction of sp³-hybridized carbons (Fsp3) is 0.562. The molecule has 1 aliphatic carbocycles. The molecule has 0 aromatic heterocycles. The zero-order valence-corrected chi connectivity index (χ0v) is 12.6. The molecule has 4 unspecified atom stereocenters. The molecule has 0 bridgehead atoms. The van der Waals surface area contributed by atoms with Crippen LogP contribution in [0.5, 0.6) is 5.75 Å². The minimum absolute atomic E-state index is 0.108. The van der Waals surface area contributed by atoms with Gasteiger partial charge in [0.15, 0.2) is 0 Å². The molecule has 1 saturated carbocycles. The minimum atomic E-state index is -0.945. The lowest BCUT2D eigenvalue weighted by Gasteiger charge is -2.25. The molecule has 1 fully saturated rings. The molecule has 116 valence electrons. The van der Waals surface area contributed by atoms with E-state index in [9.17, 15) is 15.0 Å². The number of amides is 1. The van der Waals surface area contributed by atoms with Gasteiger partial charge in [-0.15, -0.1) is 0 Å². The van der Waals surface area contributed by atoms with E-state index in [1.54, 1.807) is 21.0 Å². The van der Waals surface area contributed by atoms with Gasteiger partial charge in [-0.05, 0) is 24.1 Å². The number of hydrogen-bond acceptors (Lipinski definition) is 4. The summed E-state index contributed by atoms with van der Waals surface area (Å²) < 4.78 is 5.13. The molecule has 1 aromatic carbocycles. The maximum absolute atomic E-state index is 11.9. The summed E-state index contributed by atoms with van der Waals surface area (Å²) in [7, 11) is 1.60. The van der Waals surface area contributed by atoms with E-state index < -0.39 is 18.2 Å². The molecule has 0 heterocycles. The highest BCUT2D eigenvalue weighted by molar-refractivity contribution is 5.78. The Hall–Kier alpha value is -1.59. The van der Waals surface area contributed by atoms with Crippen molar-refractivity contribution in [3.05, 3.63) is 29.8 Å². The zero-order chi connectivity index (χ0) is 15.6. The molecule has 5 heteroatoms. The van der Waals surface area contributed by atoms with Crippen LogP contribution in [0.2, 0.25) is 0 Å². The number of carbonyl (C=O) groups is 1. The number of aliphatic hydroxyl groups excluding tert-OH is 2. The molecule has 3 N–H and O–H groups in total. The van der Waals surface area contributed by atoms with Crippen molar-refractivity contribution in [2.24, 2.45) is 5.92 Å². The first-order chi connectivity index (χ1) is 9.93. The van der Waals surface area contributed by atoms with Crippen molar-refractivity contribution in [1.82, 2.24) is 5.32 Å². The molecule has 1 aromatic rings. The van der Waals surface area contributed by atoms with Crippen LogP contribution in [0.15, 0.2) is 24.3 Å². The van der Waals surface area contributed by atoms with E-state index in [0.29, 0.717) is 6.42 Å². The highest BCUT2D eigenvalue weighted by Gasteiger charge is 2.43. The average molecular weight is 293 g/mol. The summed E-state index contributed by atoms with van der Waals surface area (Å²) in [4.78, 5) is 11.9. The highest BCUT2D eigenvalue weighted by Crippen LogP contribution is 2.36. The number of nitrogens with one attached hydrogen (secondary N) is 1. The van der Waals surface area contributed by atoms with E-state index in [4.69, 9.17) is 4.74 Å². The standard InChI is InChI=1S/C16H23NO4/c1-9(2)16(20)17-14-12(8-13(18)15(14)19)10-4-6-11(21-3)7-5-10/h4-7,9,12-15,18-19H,8H2,1-3H3,(H,17,20). The Bertz CT molecular complexity index is 486. The topological polar surface area (TPSA) is 78.8 Å². The normalized spacial score (nSPS) is 28.7. The number of aliphatic hydroxyl groups is 2. The van der Waals surface area contributed by atoms with E-state index in [0.717, 1.165) is 11.3 Å². The van der Waals surface area contributed by atoms with Gasteiger partial charge >= 0.3 is 0 Å². The summed E-state index contributed by atoms with van der Waals surface area (Å²) in [6, 6.07) is 7.02. The molecule has 2 rings (SSSR count). The van der Waals surface area contributed by atoms with Crippen LogP contribution in [-0.4, -0.2) is 41.5 Å². The van der Waals surface area contributed by atoms with Gasteiger partial charge in [-0.25, -0.2) is 0 Å². The van der Waals surface area contributed by atoms with Gasteiger partial charge in [-0.2, -0.15) is 0 Å². The maximum atomic E-state index is 11.9. The van der Waals surface area contributed by atoms with Gasteiger partial charge in [-0.1, -0.05) is 26.0 Å². The number of carbonyl (C=O) groups excluding carboxylic acids is 1. The highest BCUT2D eigenvalue weighted by atomic mass is 16.5. The summed E-state index contributed by atoms with van der Waals surface area (Å²) in [5.41, 5.74) is 0.973. The summed E-state index contributed by atoms with van der Waals surface area (Å²) in [6.07, 6.45) is -1.34. The van der Waals surface area contributed by atoms with E-state index in [1.165, 1.54) is 0 Å². The van der Waals surface area contributed by atoms with Crippen molar-refractivity contribution < 1.29 is 19.7 Å². The molecule has 21 heavy (non-hydrogen) atoms. The van der Waals surface area contributed by atoms with E-state index in [1.807, 2.05) is 24.3 Å². The first-order valence-electron chi connectivity index (χ1n) is 7.24. The van der Waals surface area contributed by atoms with Crippen LogP contribution in [0.25, 0.3) is 0 Å². The van der Waals surface area contributed by atoms with Gasteiger partial charge in [0.05, 0.1) is 19.3 Å². The summed E-state index contributed by atoms with van der Waals surface area (Å²) in [5, 5.41) is 22.9. The molecular formula is C16H23NO4. The lowest BCUT2D eigenvalue weighted by molar-refractivity contribution is -0.125. The number of methoxy groups -OCH3 is 1. The molecule has 5 nitrogen and oxygen atoms in total. The van der Waals surface area contributed by atoms with Crippen molar-refractivity contribution in [1.29, 1.82) is 0 Å². The third-order valence-corrected chi connectivity index (χ3v) is 4.07. The average Bonchev–Trinajstić information content (AvgIpc) is 2.75. The first kappa shape index (κ1) is 15.8. The Kier molecular flexibility index (Phi) is 4.85. The number of benzene rings is 1. The van der Waals surface area contributed by atoms with Crippen LogP contribution < -0.4 is 10.1 Å². The second-order valence-corrected chi connectivity index (χ2v) is 5.86. The second-order valence-electron chi connectivity index (χ2n) is 5.86. The predicted molar refractivity (Wildman–Crippen MR) is 79.1 cm³/mol. The van der Waals surface area contributed by atoms with Gasteiger partial charge < -0.3 is 20.3 Å². The smallest absolute Gasteiger partial charge is 0.222 e. The third kappa shape index (κ3) is 3.36. The molecule has 1 aliphatic rings. The Balaban J connectivity index is 2.20. The SMILES string of the molecule is COc1ccc(C2CC(O)C(O)C2NC(=O)C(C)C)cc1.